The SMILES string of the molecule is CCC1(CC(F)F)C2CC3(c4ccccc4)CC1C(C(=S)NC1CCC(CN)CC1)(C2)C3. The molecule has 5 atom stereocenters. The number of nitrogens with two attached hydrogens (primary N) is 1. The molecule has 5 heteroatoms. The van der Waals surface area contributed by atoms with Crippen LogP contribution in [-0.4, -0.2) is 24.0 Å². The third kappa shape index (κ3) is 3.36. The van der Waals surface area contributed by atoms with Crippen LogP contribution in [0, 0.1) is 28.6 Å². The minimum atomic E-state index is -2.24. The number of hydrogen-bond acceptors (Lipinski definition) is 2. The molecule has 32 heavy (non-hydrogen) atoms. The first-order valence-electron chi connectivity index (χ1n) is 12.7. The summed E-state index contributed by atoms with van der Waals surface area (Å²) in [4.78, 5) is 0.991. The summed E-state index contributed by atoms with van der Waals surface area (Å²) in [6.45, 7) is 2.92. The molecule has 1 aromatic carbocycles. The van der Waals surface area contributed by atoms with Crippen molar-refractivity contribution in [3.8, 4) is 0 Å². The molecule has 0 spiro atoms. The number of halogens is 2. The standard InChI is InChI=1S/C27H38F2N2S/c1-2-26(15-23(28)29)20-12-25(19-6-4-3-5-7-19)14-22(26)27(13-20,17-25)24(32)31-21-10-8-18(16-30)9-11-21/h3-7,18,20-23H,2,8-17,30H2,1H3,(H,31,32). The molecule has 0 radical (unpaired) electrons. The number of alkyl halides is 2. The van der Waals surface area contributed by atoms with Crippen LogP contribution in [0.4, 0.5) is 8.78 Å². The van der Waals surface area contributed by atoms with Crippen LogP contribution < -0.4 is 11.1 Å². The van der Waals surface area contributed by atoms with Crippen molar-refractivity contribution in [3.05, 3.63) is 35.9 Å². The maximum atomic E-state index is 13.9. The minimum absolute atomic E-state index is 0.0374. The van der Waals surface area contributed by atoms with Gasteiger partial charge in [-0.25, -0.2) is 8.78 Å². The molecule has 5 aliphatic rings. The van der Waals surface area contributed by atoms with E-state index in [1.54, 1.807) is 0 Å². The van der Waals surface area contributed by atoms with Crippen LogP contribution in [0.15, 0.2) is 30.3 Å². The van der Waals surface area contributed by atoms with E-state index >= 15 is 0 Å². The fourth-order valence-electron chi connectivity index (χ4n) is 8.79. The van der Waals surface area contributed by atoms with E-state index < -0.39 is 6.43 Å². The quantitative estimate of drug-likeness (QED) is 0.474. The monoisotopic (exact) mass is 460 g/mol. The number of hydrogen-bond donors (Lipinski definition) is 2. The van der Waals surface area contributed by atoms with Crippen LogP contribution in [0.3, 0.4) is 0 Å². The fraction of sp³-hybridized carbons (Fsp3) is 0.741. The smallest absolute Gasteiger partial charge is 0.239 e. The third-order valence-corrected chi connectivity index (χ3v) is 10.7. The van der Waals surface area contributed by atoms with Gasteiger partial charge in [-0.2, -0.15) is 0 Å². The molecule has 6 rings (SSSR count). The summed E-state index contributed by atoms with van der Waals surface area (Å²) in [6.07, 6.45) is 7.26. The van der Waals surface area contributed by atoms with Gasteiger partial charge in [0, 0.05) is 17.9 Å². The second kappa shape index (κ2) is 8.30. The van der Waals surface area contributed by atoms with E-state index in [2.05, 4.69) is 42.6 Å². The molecule has 0 aliphatic heterocycles. The molecule has 5 saturated carbocycles. The van der Waals surface area contributed by atoms with E-state index in [4.69, 9.17) is 18.0 Å². The maximum absolute atomic E-state index is 13.9. The van der Waals surface area contributed by atoms with Crippen molar-refractivity contribution in [1.82, 2.24) is 5.32 Å². The predicted octanol–water partition coefficient (Wildman–Crippen LogP) is 6.23. The topological polar surface area (TPSA) is 38.0 Å². The van der Waals surface area contributed by atoms with Crippen molar-refractivity contribution in [2.24, 2.45) is 34.3 Å². The van der Waals surface area contributed by atoms with Crippen molar-refractivity contribution >= 4 is 17.2 Å². The molecule has 0 amide bonds. The lowest BCUT2D eigenvalue weighted by atomic mass is 9.55. The molecular formula is C27H38F2N2S. The summed E-state index contributed by atoms with van der Waals surface area (Å²) in [5.41, 5.74) is 6.98. The number of nitrogens with one attached hydrogen (secondary N) is 1. The zero-order valence-electron chi connectivity index (χ0n) is 19.3. The summed E-state index contributed by atoms with van der Waals surface area (Å²) in [7, 11) is 0. The lowest BCUT2D eigenvalue weighted by Gasteiger charge is -2.49. The van der Waals surface area contributed by atoms with Crippen LogP contribution in [0.1, 0.15) is 76.7 Å². The summed E-state index contributed by atoms with van der Waals surface area (Å²) in [6, 6.07) is 11.3. The Balaban J connectivity index is 1.46. The summed E-state index contributed by atoms with van der Waals surface area (Å²) in [5, 5.41) is 3.80. The van der Waals surface area contributed by atoms with E-state index in [1.165, 1.54) is 5.56 Å². The summed E-state index contributed by atoms with van der Waals surface area (Å²) in [5.74, 6) is 1.23. The maximum Gasteiger partial charge on any atom is 0.239 e. The van der Waals surface area contributed by atoms with E-state index in [0.717, 1.165) is 69.3 Å². The molecule has 2 nitrogen and oxygen atoms in total. The van der Waals surface area contributed by atoms with Crippen molar-refractivity contribution in [2.75, 3.05) is 6.54 Å². The highest BCUT2D eigenvalue weighted by molar-refractivity contribution is 7.80. The lowest BCUT2D eigenvalue weighted by Crippen LogP contribution is -2.47. The van der Waals surface area contributed by atoms with Gasteiger partial charge in [0.1, 0.15) is 0 Å². The zero-order chi connectivity index (χ0) is 22.6. The number of benzene rings is 1. The normalized spacial score (nSPS) is 42.5. The Kier molecular flexibility index (Phi) is 5.89. The molecule has 0 saturated heterocycles. The van der Waals surface area contributed by atoms with Gasteiger partial charge in [-0.15, -0.1) is 0 Å². The molecule has 3 N–H and O–H groups in total. The Morgan fingerprint density at radius 1 is 1.12 bits per heavy atom. The molecular weight excluding hydrogens is 422 g/mol. The molecule has 5 unspecified atom stereocenters. The molecule has 1 aromatic rings. The highest BCUT2D eigenvalue weighted by Crippen LogP contribution is 2.78. The van der Waals surface area contributed by atoms with Gasteiger partial charge in [-0.3, -0.25) is 0 Å². The average Bonchev–Trinajstić information content (AvgIpc) is 3.16. The van der Waals surface area contributed by atoms with Gasteiger partial charge in [0.25, 0.3) is 0 Å². The zero-order valence-corrected chi connectivity index (χ0v) is 20.1. The largest absolute Gasteiger partial charge is 0.376 e. The Bertz CT molecular complexity index is 839. The van der Waals surface area contributed by atoms with Crippen LogP contribution in [0.25, 0.3) is 0 Å². The molecule has 5 aliphatic carbocycles. The summed E-state index contributed by atoms with van der Waals surface area (Å²) < 4.78 is 27.8. The number of rotatable bonds is 7. The summed E-state index contributed by atoms with van der Waals surface area (Å²) >= 11 is 6.19. The van der Waals surface area contributed by atoms with E-state index in [-0.39, 0.29) is 28.6 Å². The molecule has 0 aromatic heterocycles. The van der Waals surface area contributed by atoms with Crippen LogP contribution in [0.5, 0.6) is 0 Å². The molecule has 176 valence electrons. The third-order valence-electron chi connectivity index (χ3n) is 10.2. The first kappa shape index (κ1) is 22.7. The number of thiocarbonyl (C=S) groups is 1. The van der Waals surface area contributed by atoms with Crippen LogP contribution in [0.2, 0.25) is 0 Å². The Labute approximate surface area is 197 Å². The molecule has 0 heterocycles. The Morgan fingerprint density at radius 3 is 2.47 bits per heavy atom. The highest BCUT2D eigenvalue weighted by Gasteiger charge is 2.74. The first-order chi connectivity index (χ1) is 15.4. The van der Waals surface area contributed by atoms with Gasteiger partial charge < -0.3 is 11.1 Å². The van der Waals surface area contributed by atoms with Gasteiger partial charge >= 0.3 is 0 Å². The Morgan fingerprint density at radius 2 is 1.84 bits per heavy atom. The second-order valence-corrected chi connectivity index (χ2v) is 11.9. The van der Waals surface area contributed by atoms with Gasteiger partial charge in [-0.1, -0.05) is 49.5 Å². The molecule has 5 fully saturated rings. The lowest BCUT2D eigenvalue weighted by molar-refractivity contribution is -0.0165. The van der Waals surface area contributed by atoms with E-state index in [1.807, 2.05) is 0 Å². The van der Waals surface area contributed by atoms with E-state index in [0.29, 0.717) is 17.9 Å². The predicted molar refractivity (Wildman–Crippen MR) is 130 cm³/mol. The average molecular weight is 461 g/mol. The van der Waals surface area contributed by atoms with Gasteiger partial charge in [0.05, 0.1) is 4.99 Å². The van der Waals surface area contributed by atoms with Crippen molar-refractivity contribution < 1.29 is 8.78 Å². The van der Waals surface area contributed by atoms with Gasteiger partial charge in [-0.05, 0) is 98.5 Å². The highest BCUT2D eigenvalue weighted by atomic mass is 32.1. The Hall–Kier alpha value is -1.07. The van der Waals surface area contributed by atoms with Crippen LogP contribution in [-0.2, 0) is 5.41 Å². The first-order valence-corrected chi connectivity index (χ1v) is 13.1. The molecule has 4 bridgehead atoms. The van der Waals surface area contributed by atoms with Gasteiger partial charge in [0.15, 0.2) is 0 Å². The van der Waals surface area contributed by atoms with Gasteiger partial charge in [0.2, 0.25) is 6.43 Å². The van der Waals surface area contributed by atoms with Crippen LogP contribution >= 0.6 is 12.2 Å². The minimum Gasteiger partial charge on any atom is -0.376 e. The second-order valence-electron chi connectivity index (χ2n) is 11.4. The van der Waals surface area contributed by atoms with E-state index in [9.17, 15) is 8.78 Å². The van der Waals surface area contributed by atoms with Crippen molar-refractivity contribution in [3.63, 3.8) is 0 Å². The van der Waals surface area contributed by atoms with Crippen molar-refractivity contribution in [2.45, 2.75) is 89.0 Å². The fourth-order valence-corrected chi connectivity index (χ4v) is 9.26. The van der Waals surface area contributed by atoms with Crippen molar-refractivity contribution in [1.29, 1.82) is 0 Å².